The van der Waals surface area contributed by atoms with E-state index in [1.165, 1.54) is 18.5 Å². The van der Waals surface area contributed by atoms with Crippen molar-refractivity contribution in [3.63, 3.8) is 0 Å². The highest BCUT2D eigenvalue weighted by Crippen LogP contribution is 2.33. The van der Waals surface area contributed by atoms with Gasteiger partial charge in [0.1, 0.15) is 29.2 Å². The summed E-state index contributed by atoms with van der Waals surface area (Å²) >= 11 is 1.75. The highest BCUT2D eigenvalue weighted by Gasteiger charge is 2.20. The summed E-state index contributed by atoms with van der Waals surface area (Å²) < 4.78 is 23.1. The summed E-state index contributed by atoms with van der Waals surface area (Å²) in [5, 5.41) is 3.67. The Morgan fingerprint density at radius 3 is 2.45 bits per heavy atom. The van der Waals surface area contributed by atoms with Crippen molar-refractivity contribution in [3.05, 3.63) is 95.1 Å². The molecule has 226 valence electrons. The van der Waals surface area contributed by atoms with Gasteiger partial charge in [0, 0.05) is 67.5 Å². The van der Waals surface area contributed by atoms with Crippen LogP contribution in [0.1, 0.15) is 23.2 Å². The lowest BCUT2D eigenvalue weighted by molar-refractivity contribution is 0.0612. The number of carbonyl (C=O) groups excluding carboxylic acids is 1. The number of nitrogens with two attached hydrogens (primary N) is 1. The van der Waals surface area contributed by atoms with Crippen molar-refractivity contribution in [2.75, 3.05) is 36.3 Å². The number of hydrogen-bond acceptors (Lipinski definition) is 7. The highest BCUT2D eigenvalue weighted by molar-refractivity contribution is 7.98. The number of hydrogen-bond donors (Lipinski definition) is 2. The molecule has 0 saturated carbocycles. The van der Waals surface area contributed by atoms with E-state index >= 15 is 0 Å². The first-order valence-electron chi connectivity index (χ1n) is 14.5. The predicted octanol–water partition coefficient (Wildman–Crippen LogP) is 5.69. The number of nitrogens with zero attached hydrogens (tertiary/aromatic N) is 4. The van der Waals surface area contributed by atoms with Crippen LogP contribution in [0.25, 0.3) is 33.3 Å². The molecule has 0 unspecified atom stereocenters. The molecule has 1 aliphatic heterocycles. The highest BCUT2D eigenvalue weighted by atomic mass is 32.2. The third kappa shape index (κ3) is 6.24. The molecular weight excluding hydrogens is 579 g/mol. The van der Waals surface area contributed by atoms with E-state index in [1.54, 1.807) is 48.4 Å². The van der Waals surface area contributed by atoms with Crippen LogP contribution in [0.5, 0.6) is 0 Å². The zero-order valence-corrected chi connectivity index (χ0v) is 25.1. The molecule has 0 radical (unpaired) electrons. The summed E-state index contributed by atoms with van der Waals surface area (Å²) in [5.74, 6) is 0.786. The molecule has 11 heteroatoms. The Morgan fingerprint density at radius 2 is 1.73 bits per heavy atom. The predicted molar refractivity (Wildman–Crippen MR) is 173 cm³/mol. The van der Waals surface area contributed by atoms with Crippen molar-refractivity contribution in [1.82, 2.24) is 19.1 Å². The molecule has 3 aromatic heterocycles. The molecule has 1 saturated heterocycles. The van der Waals surface area contributed by atoms with E-state index in [0.717, 1.165) is 47.3 Å². The minimum Gasteiger partial charge on any atom is -0.383 e. The lowest BCUT2D eigenvalue weighted by atomic mass is 9.99. The van der Waals surface area contributed by atoms with Gasteiger partial charge in [0.05, 0.1) is 5.39 Å². The van der Waals surface area contributed by atoms with E-state index in [2.05, 4.69) is 26.1 Å². The zero-order chi connectivity index (χ0) is 30.6. The fourth-order valence-corrected chi connectivity index (χ4v) is 6.00. The zero-order valence-electron chi connectivity index (χ0n) is 24.3. The van der Waals surface area contributed by atoms with Gasteiger partial charge in [0.15, 0.2) is 0 Å². The Balaban J connectivity index is 1.29. The molecule has 1 amide bonds. The van der Waals surface area contributed by atoms with Crippen LogP contribution in [0, 0.1) is 11.7 Å². The number of benzene rings is 2. The van der Waals surface area contributed by atoms with E-state index in [0.29, 0.717) is 48.3 Å². The Hall–Kier alpha value is -4.48. The molecular formula is C33H33FN6O3S. The van der Waals surface area contributed by atoms with E-state index < -0.39 is 17.2 Å². The van der Waals surface area contributed by atoms with E-state index in [9.17, 15) is 14.0 Å². The average molecular weight is 613 g/mol. The molecule has 0 spiro atoms. The smallest absolute Gasteiger partial charge is 0.261 e. The van der Waals surface area contributed by atoms with Crippen LogP contribution in [0.15, 0.2) is 78.2 Å². The second kappa shape index (κ2) is 13.0. The fourth-order valence-electron chi connectivity index (χ4n) is 5.62. The topological polar surface area (TPSA) is 117 Å². The van der Waals surface area contributed by atoms with Crippen LogP contribution in [0.2, 0.25) is 0 Å². The molecule has 6 rings (SSSR count). The molecule has 0 atom stereocenters. The molecule has 1 fully saturated rings. The summed E-state index contributed by atoms with van der Waals surface area (Å²) in [6.45, 7) is 2.81. The number of ether oxygens (including phenoxy) is 1. The van der Waals surface area contributed by atoms with Crippen LogP contribution >= 0.6 is 11.8 Å². The van der Waals surface area contributed by atoms with Gasteiger partial charge in [-0.25, -0.2) is 14.4 Å². The van der Waals surface area contributed by atoms with E-state index in [1.807, 2.05) is 22.9 Å². The number of carbonyl (C=O) groups is 1. The van der Waals surface area contributed by atoms with Crippen LogP contribution in [0.3, 0.4) is 0 Å². The number of anilines is 2. The first kappa shape index (κ1) is 29.6. The quantitative estimate of drug-likeness (QED) is 0.220. The van der Waals surface area contributed by atoms with Gasteiger partial charge in [-0.3, -0.25) is 9.59 Å². The SMILES string of the molecule is CSCCn1cc(-c2ccc(NC(=O)c3cn(CC4CCOCC4)cc(-c4ccc(F)cc4)c3=O)cc2)c2c(N)ncnc21. The van der Waals surface area contributed by atoms with Gasteiger partial charge in [-0.15, -0.1) is 0 Å². The van der Waals surface area contributed by atoms with Crippen molar-refractivity contribution in [2.24, 2.45) is 5.92 Å². The maximum atomic E-state index is 13.7. The molecule has 9 nitrogen and oxygen atoms in total. The summed E-state index contributed by atoms with van der Waals surface area (Å²) in [7, 11) is 0. The second-order valence-corrected chi connectivity index (χ2v) is 11.9. The summed E-state index contributed by atoms with van der Waals surface area (Å²) in [5.41, 5.74) is 9.88. The van der Waals surface area contributed by atoms with E-state index in [-0.39, 0.29) is 5.56 Å². The number of halogens is 1. The van der Waals surface area contributed by atoms with Gasteiger partial charge in [0.2, 0.25) is 5.43 Å². The normalized spacial score (nSPS) is 13.8. The van der Waals surface area contributed by atoms with E-state index in [4.69, 9.17) is 10.5 Å². The number of rotatable bonds is 9. The maximum Gasteiger partial charge on any atom is 0.261 e. The van der Waals surface area contributed by atoms with Gasteiger partial charge >= 0.3 is 0 Å². The summed E-state index contributed by atoms with van der Waals surface area (Å²) in [4.78, 5) is 35.8. The fraction of sp³-hybridized carbons (Fsp3) is 0.273. The number of nitrogens with one attached hydrogen (secondary N) is 1. The van der Waals surface area contributed by atoms with Crippen LogP contribution in [0.4, 0.5) is 15.9 Å². The number of aryl methyl sites for hydroxylation is 1. The number of pyridine rings is 1. The number of aromatic nitrogens is 4. The van der Waals surface area contributed by atoms with Crippen LogP contribution in [-0.4, -0.2) is 50.2 Å². The molecule has 1 aliphatic rings. The molecule has 2 aromatic carbocycles. The van der Waals surface area contributed by atoms with Crippen molar-refractivity contribution in [2.45, 2.75) is 25.9 Å². The number of fused-ring (bicyclic) bond motifs is 1. The standard InChI is InChI=1S/C33H33FN6O3S/c1-44-15-12-40-19-26(29-31(35)36-20-37-32(29)40)22-4-8-25(9-5-22)38-33(42)28-18-39(16-21-10-13-43-14-11-21)17-27(30(28)41)23-2-6-24(34)7-3-23/h2-9,17-21H,10-16H2,1H3,(H,38,42)(H2,35,36,37). The lowest BCUT2D eigenvalue weighted by Crippen LogP contribution is -2.26. The lowest BCUT2D eigenvalue weighted by Gasteiger charge is -2.23. The third-order valence-electron chi connectivity index (χ3n) is 7.96. The molecule has 0 bridgehead atoms. The molecule has 44 heavy (non-hydrogen) atoms. The minimum atomic E-state index is -0.515. The van der Waals surface area contributed by atoms with Gasteiger partial charge < -0.3 is 24.9 Å². The van der Waals surface area contributed by atoms with Crippen LogP contribution < -0.4 is 16.5 Å². The Bertz CT molecular complexity index is 1850. The Morgan fingerprint density at radius 1 is 1.02 bits per heavy atom. The summed E-state index contributed by atoms with van der Waals surface area (Å²) in [6, 6.07) is 13.1. The van der Waals surface area contributed by atoms with Gasteiger partial charge in [-0.05, 0) is 60.4 Å². The monoisotopic (exact) mass is 612 g/mol. The van der Waals surface area contributed by atoms with Gasteiger partial charge in [0.25, 0.3) is 5.91 Å². The number of amides is 1. The first-order valence-corrected chi connectivity index (χ1v) is 15.9. The maximum absolute atomic E-state index is 13.7. The molecule has 4 heterocycles. The largest absolute Gasteiger partial charge is 0.383 e. The number of thioether (sulfide) groups is 1. The molecule has 3 N–H and O–H groups in total. The van der Waals surface area contributed by atoms with Crippen molar-refractivity contribution < 1.29 is 13.9 Å². The average Bonchev–Trinajstić information content (AvgIpc) is 3.42. The summed E-state index contributed by atoms with van der Waals surface area (Å²) in [6.07, 6.45) is 10.7. The van der Waals surface area contributed by atoms with Crippen molar-refractivity contribution in [3.8, 4) is 22.3 Å². The van der Waals surface area contributed by atoms with Crippen LogP contribution in [-0.2, 0) is 17.8 Å². The molecule has 0 aliphatic carbocycles. The second-order valence-electron chi connectivity index (χ2n) is 10.9. The Labute approximate surface area is 258 Å². The molecule has 5 aromatic rings. The van der Waals surface area contributed by atoms with Crippen molar-refractivity contribution in [1.29, 1.82) is 0 Å². The Kier molecular flexibility index (Phi) is 8.76. The van der Waals surface area contributed by atoms with Gasteiger partial charge in [-0.1, -0.05) is 24.3 Å². The third-order valence-corrected chi connectivity index (χ3v) is 8.55. The van der Waals surface area contributed by atoms with Gasteiger partial charge in [-0.2, -0.15) is 11.8 Å². The first-order chi connectivity index (χ1) is 21.4. The minimum absolute atomic E-state index is 0.0183. The van der Waals surface area contributed by atoms with Crippen molar-refractivity contribution >= 4 is 40.2 Å². The number of nitrogen functional groups attached to an aromatic ring is 1.